The van der Waals surface area contributed by atoms with Crippen LogP contribution >= 0.6 is 0 Å². The summed E-state index contributed by atoms with van der Waals surface area (Å²) in [5.41, 5.74) is 2.67. The van der Waals surface area contributed by atoms with Crippen LogP contribution in [0.15, 0.2) is 30.7 Å². The van der Waals surface area contributed by atoms with Crippen LogP contribution in [-0.2, 0) is 9.47 Å². The van der Waals surface area contributed by atoms with Crippen molar-refractivity contribution in [3.63, 3.8) is 0 Å². The summed E-state index contributed by atoms with van der Waals surface area (Å²) in [4.78, 5) is 21.4. The third-order valence-electron chi connectivity index (χ3n) is 8.34. The van der Waals surface area contributed by atoms with Gasteiger partial charge in [-0.3, -0.25) is 14.2 Å². The number of rotatable bonds is 7. The minimum absolute atomic E-state index is 0.0519. The van der Waals surface area contributed by atoms with E-state index in [2.05, 4.69) is 42.0 Å². The van der Waals surface area contributed by atoms with Crippen LogP contribution in [0.25, 0.3) is 16.9 Å². The van der Waals surface area contributed by atoms with Gasteiger partial charge in [-0.2, -0.15) is 15.5 Å². The Hall–Kier alpha value is -4.51. The molecule has 5 fully saturated rings. The second-order valence-electron chi connectivity index (χ2n) is 11.2. The highest BCUT2D eigenvalue weighted by molar-refractivity contribution is 5.77. The molecule has 1 aliphatic heterocycles. The normalized spacial score (nSPS) is 28.5. The van der Waals surface area contributed by atoms with Crippen molar-refractivity contribution in [2.75, 3.05) is 11.9 Å². The van der Waals surface area contributed by atoms with Crippen molar-refractivity contribution in [2.24, 2.45) is 5.92 Å². The first kappa shape index (κ1) is 23.4. The van der Waals surface area contributed by atoms with Gasteiger partial charge in [0, 0.05) is 24.0 Å². The molecule has 0 spiro atoms. The summed E-state index contributed by atoms with van der Waals surface area (Å²) in [5.74, 6) is 1.45. The van der Waals surface area contributed by atoms with Crippen LogP contribution in [0.4, 0.5) is 21.0 Å². The molecule has 40 heavy (non-hydrogen) atoms. The van der Waals surface area contributed by atoms with Gasteiger partial charge in [0.25, 0.3) is 0 Å². The highest BCUT2D eigenvalue weighted by Crippen LogP contribution is 2.57. The second kappa shape index (κ2) is 8.49. The van der Waals surface area contributed by atoms with E-state index in [4.69, 9.17) is 9.47 Å². The molecule has 14 heteroatoms. The third-order valence-corrected chi connectivity index (χ3v) is 8.34. The topological polar surface area (TPSA) is 160 Å². The molecule has 13 nitrogen and oxygen atoms in total. The van der Waals surface area contributed by atoms with E-state index in [1.54, 1.807) is 29.1 Å². The lowest BCUT2D eigenvalue weighted by atomic mass is 9.50. The number of aromatic amines is 1. The number of ether oxygens (including phenoxy) is 2. The SMILES string of the molecule is N#Cc1cn2c(Nc3cc([C@H]4OC[C@@H](OC(=O)NC56CC(C5)C6)[C@@H]4F)[nH]n3)ncc(-c3ccnn3C3CC3)c2n1. The molecule has 2 bridgehead atoms. The smallest absolute Gasteiger partial charge is 0.408 e. The number of nitrogens with zero attached hydrogens (tertiary/aromatic N) is 7. The number of hydrogen-bond acceptors (Lipinski definition) is 9. The van der Waals surface area contributed by atoms with E-state index in [0.29, 0.717) is 35.1 Å². The number of halogens is 1. The van der Waals surface area contributed by atoms with Gasteiger partial charge in [-0.05, 0) is 44.1 Å². The molecule has 1 saturated heterocycles. The van der Waals surface area contributed by atoms with Gasteiger partial charge in [0.05, 0.1) is 35.8 Å². The predicted octanol–water partition coefficient (Wildman–Crippen LogP) is 3.32. The van der Waals surface area contributed by atoms with Crippen LogP contribution in [0.2, 0.25) is 0 Å². The Morgan fingerprint density at radius 3 is 2.92 bits per heavy atom. The Morgan fingerprint density at radius 2 is 2.17 bits per heavy atom. The molecule has 9 rings (SSSR count). The van der Waals surface area contributed by atoms with E-state index in [1.807, 2.05) is 10.7 Å². The number of amides is 1. The molecule has 1 amide bonds. The molecule has 4 aromatic heterocycles. The molecule has 3 N–H and O–H groups in total. The minimum atomic E-state index is -1.56. The van der Waals surface area contributed by atoms with Crippen molar-refractivity contribution >= 4 is 23.5 Å². The van der Waals surface area contributed by atoms with E-state index in [9.17, 15) is 10.1 Å². The van der Waals surface area contributed by atoms with E-state index in [0.717, 1.165) is 43.4 Å². The van der Waals surface area contributed by atoms with Gasteiger partial charge < -0.3 is 20.1 Å². The van der Waals surface area contributed by atoms with Gasteiger partial charge in [0.1, 0.15) is 12.2 Å². The number of imidazole rings is 1. The summed E-state index contributed by atoms with van der Waals surface area (Å²) in [6.45, 7) is -0.0519. The van der Waals surface area contributed by atoms with Crippen LogP contribution in [0.3, 0.4) is 0 Å². The highest BCUT2D eigenvalue weighted by atomic mass is 19.1. The van der Waals surface area contributed by atoms with Crippen LogP contribution in [0, 0.1) is 17.2 Å². The van der Waals surface area contributed by atoms with Crippen LogP contribution in [0.5, 0.6) is 0 Å². The number of carbonyl (C=O) groups is 1. The first-order chi connectivity index (χ1) is 19.5. The summed E-state index contributed by atoms with van der Waals surface area (Å²) in [7, 11) is 0. The lowest BCUT2D eigenvalue weighted by molar-refractivity contribution is -0.0528. The first-order valence-electron chi connectivity index (χ1n) is 13.4. The third kappa shape index (κ3) is 3.72. The van der Waals surface area contributed by atoms with Crippen LogP contribution in [0.1, 0.15) is 55.6 Å². The standard InChI is InChI=1S/C26H25FN10O3/c27-21-19(40-25(38)33-26-6-13(7-26)8-26)12-39-22(21)17-5-20(35-34-17)32-24-29-10-16(23-31-14(9-28)11-36(23)24)18-3-4-30-37(18)15-1-2-15/h3-5,10-11,13,15,19,21-22H,1-2,6-8,12H2,(H,33,38)(H2,29,32,34,35)/t13?,19-,21+,22-,26?/m1/s1. The zero-order valence-corrected chi connectivity index (χ0v) is 21.2. The maximum Gasteiger partial charge on any atom is 0.408 e. The van der Waals surface area contributed by atoms with E-state index < -0.39 is 24.5 Å². The molecule has 5 heterocycles. The largest absolute Gasteiger partial charge is 0.441 e. The first-order valence-corrected chi connectivity index (χ1v) is 13.4. The van der Waals surface area contributed by atoms with E-state index >= 15 is 4.39 Å². The zero-order chi connectivity index (χ0) is 27.0. The molecule has 0 radical (unpaired) electrons. The number of alkyl halides is 1. The van der Waals surface area contributed by atoms with Gasteiger partial charge >= 0.3 is 6.09 Å². The molecule has 0 aromatic carbocycles. The molecule has 4 saturated carbocycles. The number of nitriles is 1. The summed E-state index contributed by atoms with van der Waals surface area (Å²) < 4.78 is 29.9. The number of hydrogen-bond donors (Lipinski definition) is 3. The van der Waals surface area contributed by atoms with Gasteiger partial charge in [0.2, 0.25) is 5.95 Å². The fourth-order valence-corrected chi connectivity index (χ4v) is 6.06. The predicted molar refractivity (Wildman–Crippen MR) is 136 cm³/mol. The Bertz CT molecular complexity index is 1670. The number of H-pyrrole nitrogens is 1. The van der Waals surface area contributed by atoms with Crippen molar-refractivity contribution in [1.82, 2.24) is 39.7 Å². The molecule has 5 aliphatic rings. The summed E-state index contributed by atoms with van der Waals surface area (Å²) in [6.07, 6.45) is 5.96. The number of fused-ring (bicyclic) bond motifs is 1. The highest BCUT2D eigenvalue weighted by Gasteiger charge is 2.58. The summed E-state index contributed by atoms with van der Waals surface area (Å²) >= 11 is 0. The Kier molecular flexibility index (Phi) is 4.96. The van der Waals surface area contributed by atoms with Gasteiger partial charge in [0.15, 0.2) is 29.4 Å². The Morgan fingerprint density at radius 1 is 1.32 bits per heavy atom. The van der Waals surface area contributed by atoms with Gasteiger partial charge in [-0.15, -0.1) is 0 Å². The lowest BCUT2D eigenvalue weighted by Gasteiger charge is -2.61. The van der Waals surface area contributed by atoms with Crippen LogP contribution < -0.4 is 10.6 Å². The van der Waals surface area contributed by atoms with Gasteiger partial charge in [-0.1, -0.05) is 0 Å². The molecule has 4 aliphatic carbocycles. The van der Waals surface area contributed by atoms with Crippen molar-refractivity contribution in [1.29, 1.82) is 5.26 Å². The average Bonchev–Trinajstić information content (AvgIpc) is 3.27. The number of anilines is 2. The molecule has 4 aromatic rings. The zero-order valence-electron chi connectivity index (χ0n) is 21.2. The lowest BCUT2D eigenvalue weighted by Crippen LogP contribution is -2.68. The minimum Gasteiger partial charge on any atom is -0.441 e. The van der Waals surface area contributed by atoms with Crippen LogP contribution in [-0.4, -0.2) is 64.9 Å². The summed E-state index contributed by atoms with van der Waals surface area (Å²) in [5, 5.41) is 27.0. The molecular formula is C26H25FN10O3. The number of alkyl carbamates (subject to hydrolysis) is 1. The monoisotopic (exact) mass is 544 g/mol. The number of aromatic nitrogens is 7. The summed E-state index contributed by atoms with van der Waals surface area (Å²) in [6, 6.07) is 5.97. The molecule has 3 atom stereocenters. The average molecular weight is 545 g/mol. The number of carbonyl (C=O) groups excluding carboxylic acids is 1. The Balaban J connectivity index is 0.999. The van der Waals surface area contributed by atoms with Crippen molar-refractivity contribution < 1.29 is 18.7 Å². The maximum absolute atomic E-state index is 15.2. The second-order valence-corrected chi connectivity index (χ2v) is 11.2. The maximum atomic E-state index is 15.2. The molecule has 0 unspecified atom stereocenters. The Labute approximate surface area is 226 Å². The fourth-order valence-electron chi connectivity index (χ4n) is 6.06. The number of nitrogens with one attached hydrogen (secondary N) is 3. The molecular weight excluding hydrogens is 519 g/mol. The quantitative estimate of drug-likeness (QED) is 0.317. The van der Waals surface area contributed by atoms with Crippen molar-refractivity contribution in [2.45, 2.75) is 62.1 Å². The van der Waals surface area contributed by atoms with Crippen molar-refractivity contribution in [3.05, 3.63) is 42.1 Å². The van der Waals surface area contributed by atoms with E-state index in [-0.39, 0.29) is 17.8 Å². The van der Waals surface area contributed by atoms with Gasteiger partial charge in [-0.25, -0.2) is 19.2 Å². The van der Waals surface area contributed by atoms with Crippen molar-refractivity contribution in [3.8, 4) is 17.3 Å². The van der Waals surface area contributed by atoms with E-state index in [1.165, 1.54) is 0 Å². The molecule has 204 valence electrons. The fraction of sp³-hybridized carbons (Fsp3) is 0.462.